The summed E-state index contributed by atoms with van der Waals surface area (Å²) in [4.78, 5) is 9.23. The monoisotopic (exact) mass is 501 g/mol. The molecule has 2 aromatic rings. The number of aliphatic imine (C=N–C) groups is 1. The van der Waals surface area contributed by atoms with Crippen LogP contribution in [-0.4, -0.2) is 63.9 Å². The maximum absolute atomic E-state index is 4.92. The Balaban J connectivity index is 0.00000280. The molecule has 0 amide bonds. The Bertz CT molecular complexity index is 749. The highest BCUT2D eigenvalue weighted by Crippen LogP contribution is 2.15. The molecule has 1 fully saturated rings. The predicted octanol–water partition coefficient (Wildman–Crippen LogP) is 2.04. The van der Waals surface area contributed by atoms with Crippen LogP contribution >= 0.6 is 24.0 Å². The van der Waals surface area contributed by atoms with E-state index in [1.54, 1.807) is 6.26 Å². The van der Waals surface area contributed by atoms with Crippen LogP contribution in [-0.2, 0) is 33.0 Å². The van der Waals surface area contributed by atoms with E-state index >= 15 is 0 Å². The third-order valence-electron chi connectivity index (χ3n) is 5.21. The van der Waals surface area contributed by atoms with Gasteiger partial charge in [0, 0.05) is 70.7 Å². The zero-order valence-electron chi connectivity index (χ0n) is 17.3. The van der Waals surface area contributed by atoms with Gasteiger partial charge in [-0.3, -0.25) is 14.6 Å². The van der Waals surface area contributed by atoms with Gasteiger partial charge in [0.15, 0.2) is 5.96 Å². The van der Waals surface area contributed by atoms with E-state index in [2.05, 4.69) is 44.2 Å². The van der Waals surface area contributed by atoms with Crippen molar-refractivity contribution in [2.24, 2.45) is 12.0 Å². The van der Waals surface area contributed by atoms with Crippen molar-refractivity contribution in [3.05, 3.63) is 35.0 Å². The zero-order chi connectivity index (χ0) is 19.2. The fraction of sp³-hybridized carbons (Fsp3) is 0.632. The van der Waals surface area contributed by atoms with Crippen molar-refractivity contribution in [1.29, 1.82) is 0 Å². The number of hydrogen-bond acceptors (Lipinski definition) is 5. The number of guanidine groups is 1. The summed E-state index contributed by atoms with van der Waals surface area (Å²) in [5.74, 6) is 0.962. The predicted molar refractivity (Wildman–Crippen MR) is 121 cm³/mol. The Morgan fingerprint density at radius 1 is 1.21 bits per heavy atom. The van der Waals surface area contributed by atoms with Gasteiger partial charge in [-0.25, -0.2) is 0 Å². The van der Waals surface area contributed by atoms with Crippen LogP contribution in [0.5, 0.6) is 0 Å². The van der Waals surface area contributed by atoms with Crippen LogP contribution in [0.1, 0.15) is 36.5 Å². The van der Waals surface area contributed by atoms with Crippen molar-refractivity contribution < 1.29 is 4.52 Å². The van der Waals surface area contributed by atoms with Gasteiger partial charge in [0.25, 0.3) is 0 Å². The highest BCUT2D eigenvalue weighted by molar-refractivity contribution is 14.0. The topological polar surface area (TPSA) is 74.7 Å². The van der Waals surface area contributed by atoms with E-state index in [4.69, 9.17) is 4.52 Å². The van der Waals surface area contributed by atoms with Crippen LogP contribution in [0.2, 0.25) is 0 Å². The molecule has 2 aromatic heterocycles. The normalized spacial score (nSPS) is 15.6. The minimum absolute atomic E-state index is 0. The van der Waals surface area contributed by atoms with Crippen molar-refractivity contribution in [3.8, 4) is 0 Å². The number of aryl methyl sites for hydroxylation is 2. The van der Waals surface area contributed by atoms with E-state index in [-0.39, 0.29) is 24.0 Å². The number of rotatable bonds is 6. The summed E-state index contributed by atoms with van der Waals surface area (Å²) in [5.41, 5.74) is 4.78. The first-order chi connectivity index (χ1) is 13.2. The summed E-state index contributed by atoms with van der Waals surface area (Å²) >= 11 is 0. The Morgan fingerprint density at radius 3 is 2.54 bits per heavy atom. The molecule has 1 aliphatic heterocycles. The molecule has 8 nitrogen and oxygen atoms in total. The summed E-state index contributed by atoms with van der Waals surface area (Å²) < 4.78 is 6.94. The molecule has 1 N–H and O–H groups in total. The van der Waals surface area contributed by atoms with Crippen molar-refractivity contribution >= 4 is 29.9 Å². The number of aromatic nitrogens is 3. The number of piperazine rings is 1. The van der Waals surface area contributed by atoms with Crippen LogP contribution in [0.3, 0.4) is 0 Å². The van der Waals surface area contributed by atoms with E-state index in [0.29, 0.717) is 0 Å². The molecular formula is C19H32IN7O. The second kappa shape index (κ2) is 10.8. The number of halogens is 1. The van der Waals surface area contributed by atoms with Crippen molar-refractivity contribution in [2.75, 3.05) is 33.2 Å². The minimum atomic E-state index is 0. The first kappa shape index (κ1) is 22.7. The molecule has 9 heteroatoms. The summed E-state index contributed by atoms with van der Waals surface area (Å²) in [6.07, 6.45) is 3.56. The van der Waals surface area contributed by atoms with Crippen LogP contribution in [0.4, 0.5) is 0 Å². The molecule has 1 aliphatic rings. The van der Waals surface area contributed by atoms with E-state index in [0.717, 1.165) is 63.8 Å². The molecule has 3 rings (SSSR count). The fourth-order valence-electron chi connectivity index (χ4n) is 3.76. The van der Waals surface area contributed by atoms with E-state index < -0.39 is 0 Å². The third kappa shape index (κ3) is 5.25. The molecule has 0 unspecified atom stereocenters. The molecular weight excluding hydrogens is 469 g/mol. The lowest BCUT2D eigenvalue weighted by Crippen LogP contribution is -2.52. The quantitative estimate of drug-likeness (QED) is 0.371. The molecule has 0 radical (unpaired) electrons. The second-order valence-electron chi connectivity index (χ2n) is 6.86. The molecule has 0 spiro atoms. The van der Waals surface area contributed by atoms with Gasteiger partial charge in [-0.2, -0.15) is 5.10 Å². The Kier molecular flexibility index (Phi) is 8.74. The Labute approximate surface area is 184 Å². The van der Waals surface area contributed by atoms with Crippen LogP contribution in [0, 0.1) is 0 Å². The van der Waals surface area contributed by atoms with Gasteiger partial charge in [0.2, 0.25) is 0 Å². The first-order valence-corrected chi connectivity index (χ1v) is 9.77. The van der Waals surface area contributed by atoms with Crippen LogP contribution in [0.15, 0.2) is 21.8 Å². The van der Waals surface area contributed by atoms with E-state index in [1.807, 2.05) is 24.8 Å². The Morgan fingerprint density at radius 2 is 1.96 bits per heavy atom. The van der Waals surface area contributed by atoms with Gasteiger partial charge in [0.1, 0.15) is 6.26 Å². The molecule has 3 heterocycles. The largest absolute Gasteiger partial charge is 0.364 e. The van der Waals surface area contributed by atoms with E-state index in [1.165, 1.54) is 17.0 Å². The molecule has 0 atom stereocenters. The van der Waals surface area contributed by atoms with Crippen molar-refractivity contribution in [2.45, 2.75) is 39.8 Å². The fourth-order valence-corrected chi connectivity index (χ4v) is 3.76. The lowest BCUT2D eigenvalue weighted by molar-refractivity contribution is 0.169. The summed E-state index contributed by atoms with van der Waals surface area (Å²) in [6.45, 7) is 9.83. The maximum atomic E-state index is 4.92. The van der Waals surface area contributed by atoms with Crippen LogP contribution in [0.25, 0.3) is 0 Å². The summed E-state index contributed by atoms with van der Waals surface area (Å²) in [7, 11) is 3.89. The minimum Gasteiger partial charge on any atom is -0.364 e. The highest BCUT2D eigenvalue weighted by atomic mass is 127. The standard InChI is InChI=1S/C19H31N7O.HI/c1-5-17-16(18(6-2)24(4)22-17)13-21-19(20-3)26-10-8-25(9-11-26)14-15-7-12-27-23-15;/h7,12H,5-6,8-11,13-14H2,1-4H3,(H,20,21);1H. The first-order valence-electron chi connectivity index (χ1n) is 9.77. The average molecular weight is 501 g/mol. The Hall–Kier alpha value is -1.62. The third-order valence-corrected chi connectivity index (χ3v) is 5.21. The van der Waals surface area contributed by atoms with Gasteiger partial charge in [-0.1, -0.05) is 19.0 Å². The molecule has 156 valence electrons. The van der Waals surface area contributed by atoms with Gasteiger partial charge < -0.3 is 14.7 Å². The number of nitrogens with one attached hydrogen (secondary N) is 1. The van der Waals surface area contributed by atoms with Gasteiger partial charge in [-0.05, 0) is 12.8 Å². The van der Waals surface area contributed by atoms with Crippen LogP contribution < -0.4 is 5.32 Å². The molecule has 28 heavy (non-hydrogen) atoms. The zero-order valence-corrected chi connectivity index (χ0v) is 19.6. The lowest BCUT2D eigenvalue weighted by atomic mass is 10.1. The molecule has 0 saturated carbocycles. The molecule has 0 aliphatic carbocycles. The average Bonchev–Trinajstić information content (AvgIpc) is 3.30. The molecule has 0 bridgehead atoms. The number of hydrogen-bond donors (Lipinski definition) is 1. The lowest BCUT2D eigenvalue weighted by Gasteiger charge is -2.36. The summed E-state index contributed by atoms with van der Waals surface area (Å²) in [5, 5.41) is 12.2. The van der Waals surface area contributed by atoms with Gasteiger partial charge in [-0.15, -0.1) is 24.0 Å². The number of nitrogens with zero attached hydrogens (tertiary/aromatic N) is 6. The van der Waals surface area contributed by atoms with Gasteiger partial charge in [0.05, 0.1) is 11.4 Å². The van der Waals surface area contributed by atoms with Crippen molar-refractivity contribution in [1.82, 2.24) is 30.1 Å². The van der Waals surface area contributed by atoms with Crippen molar-refractivity contribution in [3.63, 3.8) is 0 Å². The smallest absolute Gasteiger partial charge is 0.194 e. The van der Waals surface area contributed by atoms with Gasteiger partial charge >= 0.3 is 0 Å². The summed E-state index contributed by atoms with van der Waals surface area (Å²) in [6, 6.07) is 1.93. The molecule has 0 aromatic carbocycles. The maximum Gasteiger partial charge on any atom is 0.194 e. The second-order valence-corrected chi connectivity index (χ2v) is 6.86. The molecule has 1 saturated heterocycles. The SMILES string of the molecule is CCc1nn(C)c(CC)c1CNC(=NC)N1CCN(Cc2ccon2)CC1.I. The van der Waals surface area contributed by atoms with E-state index in [9.17, 15) is 0 Å². The highest BCUT2D eigenvalue weighted by Gasteiger charge is 2.21.